The summed E-state index contributed by atoms with van der Waals surface area (Å²) in [5.74, 6) is -0.575. The number of hydrogen-bond acceptors (Lipinski definition) is 4. The number of ether oxygens (including phenoxy) is 1. The maximum atomic E-state index is 11.2. The van der Waals surface area contributed by atoms with Gasteiger partial charge in [0.2, 0.25) is 0 Å². The second kappa shape index (κ2) is 4.36. The number of rotatable bonds is 1. The van der Waals surface area contributed by atoms with E-state index in [1.54, 1.807) is 0 Å². The van der Waals surface area contributed by atoms with Gasteiger partial charge in [-0.15, -0.1) is 12.6 Å². The van der Waals surface area contributed by atoms with Crippen molar-refractivity contribution < 1.29 is 9.53 Å². The Hall–Kier alpha value is -1.18. The number of halogens is 1. The maximum absolute atomic E-state index is 11.2. The van der Waals surface area contributed by atoms with Crippen LogP contribution in [0.4, 0.5) is 0 Å². The first-order chi connectivity index (χ1) is 6.60. The average Bonchev–Trinajstić information content (AvgIpc) is 2.20. The predicted molar refractivity (Wildman–Crippen MR) is 54.8 cm³/mol. The van der Waals surface area contributed by atoms with Crippen molar-refractivity contribution in [3.05, 3.63) is 28.3 Å². The first kappa shape index (κ1) is 10.9. The Labute approximate surface area is 91.7 Å². The molecule has 72 valence electrons. The number of thiol groups is 1. The van der Waals surface area contributed by atoms with Gasteiger partial charge in [0.05, 0.1) is 23.3 Å². The largest absolute Gasteiger partial charge is 0.465 e. The lowest BCUT2D eigenvalue weighted by molar-refractivity contribution is 0.0600. The molecule has 1 rings (SSSR count). The van der Waals surface area contributed by atoms with Gasteiger partial charge >= 0.3 is 5.97 Å². The number of benzene rings is 1. The van der Waals surface area contributed by atoms with Gasteiger partial charge in [-0.3, -0.25) is 0 Å². The van der Waals surface area contributed by atoms with Gasteiger partial charge in [-0.05, 0) is 12.1 Å². The molecule has 0 saturated heterocycles. The van der Waals surface area contributed by atoms with Gasteiger partial charge in [0.25, 0.3) is 0 Å². The van der Waals surface area contributed by atoms with Crippen LogP contribution in [-0.4, -0.2) is 13.1 Å². The second-order valence-corrected chi connectivity index (χ2v) is 3.34. The van der Waals surface area contributed by atoms with E-state index in [0.717, 1.165) is 0 Å². The molecule has 0 amide bonds. The number of hydrogen-bond donors (Lipinski definition) is 1. The molecule has 14 heavy (non-hydrogen) atoms. The third-order valence-electron chi connectivity index (χ3n) is 1.61. The standard InChI is InChI=1S/C9H6ClNO2S/c1-13-9(12)6-3-8(14)7(10)2-5(6)4-11/h2-3,14H,1H3. The highest BCUT2D eigenvalue weighted by molar-refractivity contribution is 7.80. The lowest BCUT2D eigenvalue weighted by Gasteiger charge is -2.04. The van der Waals surface area contributed by atoms with Crippen molar-refractivity contribution in [2.45, 2.75) is 4.90 Å². The second-order valence-electron chi connectivity index (χ2n) is 2.45. The molecule has 0 heterocycles. The van der Waals surface area contributed by atoms with Crippen LogP contribution in [0.3, 0.4) is 0 Å². The fraction of sp³-hybridized carbons (Fsp3) is 0.111. The lowest BCUT2D eigenvalue weighted by Crippen LogP contribution is -2.04. The molecule has 0 atom stereocenters. The number of esters is 1. The first-order valence-electron chi connectivity index (χ1n) is 3.61. The zero-order chi connectivity index (χ0) is 10.7. The Morgan fingerprint density at radius 2 is 2.29 bits per heavy atom. The van der Waals surface area contributed by atoms with Crippen molar-refractivity contribution >= 4 is 30.2 Å². The van der Waals surface area contributed by atoms with E-state index in [-0.39, 0.29) is 11.1 Å². The molecular weight excluding hydrogens is 222 g/mol. The molecular formula is C9H6ClNO2S. The summed E-state index contributed by atoms with van der Waals surface area (Å²) in [6.45, 7) is 0. The topological polar surface area (TPSA) is 50.1 Å². The molecule has 0 unspecified atom stereocenters. The summed E-state index contributed by atoms with van der Waals surface area (Å²) in [7, 11) is 1.25. The Morgan fingerprint density at radius 3 is 2.79 bits per heavy atom. The van der Waals surface area contributed by atoms with Crippen LogP contribution in [0.1, 0.15) is 15.9 Å². The van der Waals surface area contributed by atoms with Crippen LogP contribution in [0.2, 0.25) is 5.02 Å². The monoisotopic (exact) mass is 227 g/mol. The summed E-state index contributed by atoms with van der Waals surface area (Å²) in [6, 6.07) is 4.66. The zero-order valence-electron chi connectivity index (χ0n) is 7.24. The molecule has 0 radical (unpaired) electrons. The Kier molecular flexibility index (Phi) is 3.39. The van der Waals surface area contributed by atoms with Crippen LogP contribution < -0.4 is 0 Å². The number of methoxy groups -OCH3 is 1. The normalized spacial score (nSPS) is 9.29. The van der Waals surface area contributed by atoms with E-state index in [0.29, 0.717) is 9.92 Å². The van der Waals surface area contributed by atoms with Crippen LogP contribution in [0.25, 0.3) is 0 Å². The summed E-state index contributed by atoms with van der Waals surface area (Å²) in [6.07, 6.45) is 0. The highest BCUT2D eigenvalue weighted by Gasteiger charge is 2.13. The van der Waals surface area contributed by atoms with Crippen LogP contribution in [0, 0.1) is 11.3 Å². The minimum atomic E-state index is -0.575. The third-order valence-corrected chi connectivity index (χ3v) is 2.43. The smallest absolute Gasteiger partial charge is 0.339 e. The van der Waals surface area contributed by atoms with Crippen molar-refractivity contribution in [3.8, 4) is 6.07 Å². The molecule has 0 saturated carbocycles. The highest BCUT2D eigenvalue weighted by Crippen LogP contribution is 2.24. The summed E-state index contributed by atoms with van der Waals surface area (Å²) < 4.78 is 4.51. The number of nitrogens with zero attached hydrogens (tertiary/aromatic N) is 1. The van der Waals surface area contributed by atoms with Crippen molar-refractivity contribution in [1.82, 2.24) is 0 Å². The third kappa shape index (κ3) is 2.00. The molecule has 1 aromatic carbocycles. The summed E-state index contributed by atoms with van der Waals surface area (Å²) in [5, 5.41) is 9.07. The van der Waals surface area contributed by atoms with Gasteiger partial charge in [0.15, 0.2) is 0 Å². The van der Waals surface area contributed by atoms with Crippen LogP contribution in [0.5, 0.6) is 0 Å². The van der Waals surface area contributed by atoms with E-state index in [2.05, 4.69) is 17.4 Å². The lowest BCUT2D eigenvalue weighted by atomic mass is 10.1. The summed E-state index contributed by atoms with van der Waals surface area (Å²) in [4.78, 5) is 11.6. The summed E-state index contributed by atoms with van der Waals surface area (Å²) >= 11 is 9.77. The molecule has 5 heteroatoms. The highest BCUT2D eigenvalue weighted by atomic mass is 35.5. The molecule has 1 aromatic rings. The van der Waals surface area contributed by atoms with Gasteiger partial charge in [-0.25, -0.2) is 4.79 Å². The quantitative estimate of drug-likeness (QED) is 0.592. The van der Waals surface area contributed by atoms with E-state index in [9.17, 15) is 4.79 Å². The van der Waals surface area contributed by atoms with Crippen molar-refractivity contribution in [2.75, 3.05) is 7.11 Å². The maximum Gasteiger partial charge on any atom is 0.339 e. The molecule has 0 N–H and O–H groups in total. The van der Waals surface area contributed by atoms with Gasteiger partial charge < -0.3 is 4.74 Å². The fourth-order valence-electron chi connectivity index (χ4n) is 0.933. The van der Waals surface area contributed by atoms with Crippen molar-refractivity contribution in [3.63, 3.8) is 0 Å². The Balaban J connectivity index is 3.36. The molecule has 0 aliphatic carbocycles. The van der Waals surface area contributed by atoms with Crippen LogP contribution >= 0.6 is 24.2 Å². The van der Waals surface area contributed by atoms with Crippen LogP contribution in [0.15, 0.2) is 17.0 Å². The van der Waals surface area contributed by atoms with E-state index in [4.69, 9.17) is 16.9 Å². The van der Waals surface area contributed by atoms with Gasteiger partial charge in [0, 0.05) is 4.90 Å². The minimum Gasteiger partial charge on any atom is -0.465 e. The molecule has 0 spiro atoms. The zero-order valence-corrected chi connectivity index (χ0v) is 8.89. The van der Waals surface area contributed by atoms with Crippen molar-refractivity contribution in [1.29, 1.82) is 5.26 Å². The molecule has 0 aliphatic rings. The fourth-order valence-corrected chi connectivity index (χ4v) is 1.29. The average molecular weight is 228 g/mol. The predicted octanol–water partition coefficient (Wildman–Crippen LogP) is 2.29. The van der Waals surface area contributed by atoms with E-state index in [1.807, 2.05) is 6.07 Å². The Morgan fingerprint density at radius 1 is 1.64 bits per heavy atom. The molecule has 0 fully saturated rings. The van der Waals surface area contributed by atoms with E-state index in [1.165, 1.54) is 19.2 Å². The van der Waals surface area contributed by atoms with E-state index < -0.39 is 5.97 Å². The SMILES string of the molecule is COC(=O)c1cc(S)c(Cl)cc1C#N. The first-order valence-corrected chi connectivity index (χ1v) is 4.43. The molecule has 0 aliphatic heterocycles. The molecule has 0 bridgehead atoms. The molecule has 0 aromatic heterocycles. The van der Waals surface area contributed by atoms with Gasteiger partial charge in [0.1, 0.15) is 6.07 Å². The van der Waals surface area contributed by atoms with E-state index >= 15 is 0 Å². The van der Waals surface area contributed by atoms with Crippen LogP contribution in [-0.2, 0) is 4.74 Å². The minimum absolute atomic E-state index is 0.171. The van der Waals surface area contributed by atoms with Crippen molar-refractivity contribution in [2.24, 2.45) is 0 Å². The number of carbonyl (C=O) groups excluding carboxylic acids is 1. The number of carbonyl (C=O) groups is 1. The molecule has 3 nitrogen and oxygen atoms in total. The Bertz CT molecular complexity index is 426. The summed E-state index contributed by atoms with van der Waals surface area (Å²) in [5.41, 5.74) is 0.351. The van der Waals surface area contributed by atoms with Gasteiger partial charge in [-0.1, -0.05) is 11.6 Å². The number of nitriles is 1. The van der Waals surface area contributed by atoms with Gasteiger partial charge in [-0.2, -0.15) is 5.26 Å².